The van der Waals surface area contributed by atoms with E-state index in [2.05, 4.69) is 4.98 Å². The van der Waals surface area contributed by atoms with Gasteiger partial charge in [-0.2, -0.15) is 0 Å². The highest BCUT2D eigenvalue weighted by Gasteiger charge is 2.28. The van der Waals surface area contributed by atoms with Gasteiger partial charge in [-0.1, -0.05) is 18.2 Å². The van der Waals surface area contributed by atoms with Crippen molar-refractivity contribution < 1.29 is 19.7 Å². The molecule has 4 rings (SSSR count). The lowest BCUT2D eigenvalue weighted by atomic mass is 9.95. The summed E-state index contributed by atoms with van der Waals surface area (Å²) in [6.07, 6.45) is 1.09. The van der Waals surface area contributed by atoms with Crippen molar-refractivity contribution >= 4 is 0 Å². The fourth-order valence-corrected chi connectivity index (χ4v) is 2.95. The minimum atomic E-state index is -0.693. The maximum atomic E-state index is 10.4. The number of benzene rings is 2. The van der Waals surface area contributed by atoms with E-state index in [9.17, 15) is 10.2 Å². The molecule has 126 valence electrons. The first-order valence-corrected chi connectivity index (χ1v) is 8.05. The monoisotopic (exact) mass is 335 g/mol. The summed E-state index contributed by atoms with van der Waals surface area (Å²) in [5.74, 6) is 1.87. The summed E-state index contributed by atoms with van der Waals surface area (Å²) in [4.78, 5) is 4.15. The molecule has 0 radical (unpaired) electrons. The zero-order valence-electron chi connectivity index (χ0n) is 13.4. The van der Waals surface area contributed by atoms with Crippen molar-refractivity contribution in [3.8, 4) is 23.1 Å². The predicted octanol–water partition coefficient (Wildman–Crippen LogP) is 4.14. The van der Waals surface area contributed by atoms with Gasteiger partial charge in [0.1, 0.15) is 23.4 Å². The smallest absolute Gasteiger partial charge is 0.219 e. The zero-order chi connectivity index (χ0) is 17.2. The minimum absolute atomic E-state index is 0.116. The van der Waals surface area contributed by atoms with Gasteiger partial charge in [-0.25, -0.2) is 4.98 Å². The van der Waals surface area contributed by atoms with Crippen LogP contribution in [-0.4, -0.2) is 15.2 Å². The molecule has 0 aliphatic carbocycles. The number of aromatic nitrogens is 1. The van der Waals surface area contributed by atoms with E-state index in [-0.39, 0.29) is 11.9 Å². The van der Waals surface area contributed by atoms with Crippen LogP contribution in [0.1, 0.15) is 29.8 Å². The zero-order valence-corrected chi connectivity index (χ0v) is 13.4. The Hall–Kier alpha value is -3.05. The first-order valence-electron chi connectivity index (χ1n) is 8.05. The highest BCUT2D eigenvalue weighted by molar-refractivity contribution is 5.44. The summed E-state index contributed by atoms with van der Waals surface area (Å²) < 4.78 is 11.8. The molecule has 0 spiro atoms. The van der Waals surface area contributed by atoms with Crippen LogP contribution in [0.15, 0.2) is 66.9 Å². The molecule has 5 nitrogen and oxygen atoms in total. The molecule has 3 aromatic rings. The van der Waals surface area contributed by atoms with Crippen LogP contribution in [-0.2, 0) is 0 Å². The van der Waals surface area contributed by atoms with E-state index in [1.54, 1.807) is 24.4 Å². The molecule has 0 saturated carbocycles. The number of fused-ring (bicyclic) bond motifs is 1. The molecule has 2 heterocycles. The summed E-state index contributed by atoms with van der Waals surface area (Å²) in [7, 11) is 0. The van der Waals surface area contributed by atoms with E-state index in [0.717, 1.165) is 5.56 Å². The first-order chi connectivity index (χ1) is 12.2. The fourth-order valence-electron chi connectivity index (χ4n) is 2.95. The van der Waals surface area contributed by atoms with E-state index in [1.165, 1.54) is 6.07 Å². The molecule has 1 aromatic heterocycles. The highest BCUT2D eigenvalue weighted by Crippen LogP contribution is 2.42. The van der Waals surface area contributed by atoms with Crippen molar-refractivity contribution in [3.05, 3.63) is 78.0 Å². The predicted molar refractivity (Wildman–Crippen MR) is 91.8 cm³/mol. The Bertz CT molecular complexity index is 882. The third-order valence-electron chi connectivity index (χ3n) is 4.15. The lowest BCUT2D eigenvalue weighted by Crippen LogP contribution is -2.19. The van der Waals surface area contributed by atoms with Crippen LogP contribution >= 0.6 is 0 Å². The van der Waals surface area contributed by atoms with Gasteiger partial charge in [0.15, 0.2) is 0 Å². The second-order valence-corrected chi connectivity index (χ2v) is 5.92. The van der Waals surface area contributed by atoms with Crippen molar-refractivity contribution in [2.45, 2.75) is 18.6 Å². The van der Waals surface area contributed by atoms with Gasteiger partial charge in [-0.3, -0.25) is 0 Å². The largest absolute Gasteiger partial charge is 0.508 e. The number of aliphatic hydroxyl groups is 1. The number of hydrogen-bond acceptors (Lipinski definition) is 5. The molecule has 5 heteroatoms. The van der Waals surface area contributed by atoms with Crippen molar-refractivity contribution in [2.75, 3.05) is 0 Å². The third-order valence-corrected chi connectivity index (χ3v) is 4.15. The number of phenols is 1. The van der Waals surface area contributed by atoms with Crippen LogP contribution in [0, 0.1) is 0 Å². The van der Waals surface area contributed by atoms with E-state index >= 15 is 0 Å². The van der Waals surface area contributed by atoms with Gasteiger partial charge in [-0.05, 0) is 42.0 Å². The Balaban J connectivity index is 1.58. The number of aliphatic hydroxyl groups excluding tert-OH is 1. The fraction of sp³-hybridized carbons (Fsp3) is 0.150. The van der Waals surface area contributed by atoms with E-state index < -0.39 is 6.10 Å². The Labute approximate surface area is 145 Å². The van der Waals surface area contributed by atoms with Gasteiger partial charge in [-0.15, -0.1) is 0 Å². The van der Waals surface area contributed by atoms with Crippen molar-refractivity contribution in [1.29, 1.82) is 0 Å². The number of ether oxygens (including phenoxy) is 2. The van der Waals surface area contributed by atoms with Gasteiger partial charge in [0.05, 0.1) is 6.10 Å². The molecular weight excluding hydrogens is 318 g/mol. The van der Waals surface area contributed by atoms with Crippen molar-refractivity contribution in [2.24, 2.45) is 0 Å². The SMILES string of the molecule is Oc1ccc2c(c1)C(O)CC(c1cccc(Oc3ccccn3)c1)O2. The molecule has 1 aliphatic heterocycles. The average Bonchev–Trinajstić information content (AvgIpc) is 2.63. The third kappa shape index (κ3) is 3.27. The van der Waals surface area contributed by atoms with Gasteiger partial charge in [0.2, 0.25) is 5.88 Å². The lowest BCUT2D eigenvalue weighted by molar-refractivity contribution is 0.0653. The summed E-state index contributed by atoms with van der Waals surface area (Å²) in [6.45, 7) is 0. The van der Waals surface area contributed by atoms with E-state index in [0.29, 0.717) is 29.4 Å². The molecule has 0 bridgehead atoms. The molecule has 0 amide bonds. The van der Waals surface area contributed by atoms with Gasteiger partial charge in [0.25, 0.3) is 0 Å². The minimum Gasteiger partial charge on any atom is -0.508 e. The summed E-state index contributed by atoms with van der Waals surface area (Å²) in [6, 6.07) is 17.8. The molecular formula is C20H17NO4. The van der Waals surface area contributed by atoms with Crippen molar-refractivity contribution in [3.63, 3.8) is 0 Å². The van der Waals surface area contributed by atoms with Crippen LogP contribution in [0.25, 0.3) is 0 Å². The molecule has 1 aliphatic rings. The standard InChI is InChI=1S/C20H17NO4/c22-14-7-8-18-16(11-14)17(23)12-19(25-18)13-4-3-5-15(10-13)24-20-6-1-2-9-21-20/h1-11,17,19,22-23H,12H2. The molecule has 2 unspecified atom stereocenters. The van der Waals surface area contributed by atoms with Gasteiger partial charge >= 0.3 is 0 Å². The van der Waals surface area contributed by atoms with E-state index in [1.807, 2.05) is 36.4 Å². The summed E-state index contributed by atoms with van der Waals surface area (Å²) in [5.41, 5.74) is 1.52. The van der Waals surface area contributed by atoms with E-state index in [4.69, 9.17) is 9.47 Å². The number of rotatable bonds is 3. The van der Waals surface area contributed by atoms with Crippen LogP contribution in [0.2, 0.25) is 0 Å². The Morgan fingerprint density at radius 2 is 1.96 bits per heavy atom. The molecule has 2 N–H and O–H groups in total. The lowest BCUT2D eigenvalue weighted by Gasteiger charge is -2.30. The van der Waals surface area contributed by atoms with Gasteiger partial charge < -0.3 is 19.7 Å². The quantitative estimate of drug-likeness (QED) is 0.753. The summed E-state index contributed by atoms with van der Waals surface area (Å²) >= 11 is 0. The topological polar surface area (TPSA) is 71.8 Å². The first kappa shape index (κ1) is 15.5. The van der Waals surface area contributed by atoms with Crippen LogP contribution in [0.3, 0.4) is 0 Å². The summed E-state index contributed by atoms with van der Waals surface area (Å²) in [5, 5.41) is 20.0. The van der Waals surface area contributed by atoms with Crippen LogP contribution in [0.5, 0.6) is 23.1 Å². The second kappa shape index (κ2) is 6.45. The molecule has 0 fully saturated rings. The Morgan fingerprint density at radius 3 is 2.80 bits per heavy atom. The molecule has 25 heavy (non-hydrogen) atoms. The van der Waals surface area contributed by atoms with Crippen LogP contribution < -0.4 is 9.47 Å². The average molecular weight is 335 g/mol. The number of hydrogen-bond donors (Lipinski definition) is 2. The maximum Gasteiger partial charge on any atom is 0.219 e. The Morgan fingerprint density at radius 1 is 1.04 bits per heavy atom. The highest BCUT2D eigenvalue weighted by atomic mass is 16.5. The molecule has 2 aromatic carbocycles. The number of nitrogens with zero attached hydrogens (tertiary/aromatic N) is 1. The number of phenolic OH excluding ortho intramolecular Hbond substituents is 1. The molecule has 2 atom stereocenters. The van der Waals surface area contributed by atoms with Gasteiger partial charge in [0, 0.05) is 24.2 Å². The molecule has 0 saturated heterocycles. The normalized spacial score (nSPS) is 18.9. The number of aromatic hydroxyl groups is 1. The maximum absolute atomic E-state index is 10.4. The van der Waals surface area contributed by atoms with Crippen molar-refractivity contribution in [1.82, 2.24) is 4.98 Å². The van der Waals surface area contributed by atoms with Crippen LogP contribution in [0.4, 0.5) is 0 Å². The second-order valence-electron chi connectivity index (χ2n) is 5.92. The number of pyridine rings is 1. The Kier molecular flexibility index (Phi) is 3.99.